The van der Waals surface area contributed by atoms with Crippen molar-refractivity contribution in [2.45, 2.75) is 6.18 Å². The first-order valence-corrected chi connectivity index (χ1v) is 10.4. The average molecular weight is 483 g/mol. The van der Waals surface area contributed by atoms with E-state index in [0.29, 0.717) is 11.8 Å². The van der Waals surface area contributed by atoms with Crippen LogP contribution in [0.3, 0.4) is 0 Å². The highest BCUT2D eigenvalue weighted by Gasteiger charge is 2.53. The molecule has 3 atom stereocenters. The molecule has 6 nitrogen and oxygen atoms in total. The predicted molar refractivity (Wildman–Crippen MR) is 111 cm³/mol. The van der Waals surface area contributed by atoms with Gasteiger partial charge in [-0.3, -0.25) is 0 Å². The highest BCUT2D eigenvalue weighted by molar-refractivity contribution is 6.33. The Morgan fingerprint density at radius 1 is 1.15 bits per heavy atom. The van der Waals surface area contributed by atoms with Crippen LogP contribution in [-0.4, -0.2) is 57.3 Å². The third-order valence-corrected chi connectivity index (χ3v) is 6.16. The fraction of sp³-hybridized carbons (Fsp3) is 0.381. The van der Waals surface area contributed by atoms with E-state index >= 15 is 8.78 Å². The molecule has 12 heteroatoms. The third-order valence-electron chi connectivity index (χ3n) is 5.89. The average Bonchev–Trinajstić information content (AvgIpc) is 3.05. The first kappa shape index (κ1) is 21.9. The minimum atomic E-state index is -4.60. The number of rotatable bonds is 3. The van der Waals surface area contributed by atoms with Crippen LogP contribution in [0.4, 0.5) is 27.8 Å². The summed E-state index contributed by atoms with van der Waals surface area (Å²) < 4.78 is 69.6. The molecule has 33 heavy (non-hydrogen) atoms. The molecule has 1 aliphatic heterocycles. The molecule has 2 aliphatic rings. The molecular formula is C21H16ClF5N6. The number of aromatic nitrogens is 4. The Hall–Kier alpha value is -2.97. The normalized spacial score (nSPS) is 22.2. The van der Waals surface area contributed by atoms with Gasteiger partial charge in [-0.25, -0.2) is 8.78 Å². The van der Waals surface area contributed by atoms with Crippen molar-refractivity contribution in [3.63, 3.8) is 0 Å². The van der Waals surface area contributed by atoms with Gasteiger partial charge in [-0.1, -0.05) is 23.4 Å². The first-order valence-electron chi connectivity index (χ1n) is 10.0. The molecule has 1 saturated carbocycles. The predicted octanol–water partition coefficient (Wildman–Crippen LogP) is 3.86. The zero-order chi connectivity index (χ0) is 23.5. The molecule has 1 N–H and O–H groups in total. The Morgan fingerprint density at radius 2 is 1.82 bits per heavy atom. The van der Waals surface area contributed by atoms with Gasteiger partial charge in [0.2, 0.25) is 0 Å². The lowest BCUT2D eigenvalue weighted by molar-refractivity contribution is -0.115. The molecule has 0 radical (unpaired) electrons. The number of nitrogens with one attached hydrogen (secondary N) is 1. The van der Waals surface area contributed by atoms with Crippen molar-refractivity contribution in [2.24, 2.45) is 17.8 Å². The zero-order valence-corrected chi connectivity index (χ0v) is 17.8. The van der Waals surface area contributed by atoms with Gasteiger partial charge in [0, 0.05) is 24.6 Å². The molecule has 172 valence electrons. The Balaban J connectivity index is 1.53. The van der Waals surface area contributed by atoms with Crippen LogP contribution in [0.5, 0.6) is 0 Å². The number of halogens is 6. The molecule has 3 heterocycles. The van der Waals surface area contributed by atoms with E-state index in [2.05, 4.69) is 37.1 Å². The Morgan fingerprint density at radius 3 is 2.45 bits per heavy atom. The van der Waals surface area contributed by atoms with Gasteiger partial charge in [0.15, 0.2) is 0 Å². The molecule has 0 spiro atoms. The number of anilines is 1. The summed E-state index contributed by atoms with van der Waals surface area (Å²) in [4.78, 5) is 9.89. The van der Waals surface area contributed by atoms with E-state index in [9.17, 15) is 13.2 Å². The van der Waals surface area contributed by atoms with Gasteiger partial charge in [-0.15, -0.1) is 0 Å². The summed E-state index contributed by atoms with van der Waals surface area (Å²) in [5.41, 5.74) is -0.902. The molecule has 1 saturated heterocycles. The Labute approximate surface area is 189 Å². The summed E-state index contributed by atoms with van der Waals surface area (Å²) in [7, 11) is 2.04. The fourth-order valence-corrected chi connectivity index (χ4v) is 4.65. The molecule has 1 aromatic carbocycles. The number of piperidine rings is 1. The van der Waals surface area contributed by atoms with Gasteiger partial charge in [-0.2, -0.15) is 32.8 Å². The SMILES string of the molecule is CN1C[C@@H]2C(C#Cc3cc(F)c(-c4c(Cl)nc5ncnn5c4NCC(F)(F)F)c(F)c3)[C@@H]2C1. The molecule has 1 aliphatic carbocycles. The lowest BCUT2D eigenvalue weighted by atomic mass is 10.0. The van der Waals surface area contributed by atoms with Crippen molar-refractivity contribution >= 4 is 23.2 Å². The van der Waals surface area contributed by atoms with Crippen LogP contribution in [0.15, 0.2) is 18.5 Å². The second kappa shape index (κ2) is 7.81. The van der Waals surface area contributed by atoms with Crippen LogP contribution in [0.25, 0.3) is 16.9 Å². The van der Waals surface area contributed by atoms with E-state index in [0.717, 1.165) is 36.1 Å². The second-order valence-electron chi connectivity index (χ2n) is 8.23. The summed E-state index contributed by atoms with van der Waals surface area (Å²) in [6, 6.07) is 2.07. The number of benzene rings is 1. The van der Waals surface area contributed by atoms with Gasteiger partial charge in [-0.05, 0) is 31.0 Å². The van der Waals surface area contributed by atoms with Crippen molar-refractivity contribution in [1.29, 1.82) is 0 Å². The van der Waals surface area contributed by atoms with Gasteiger partial charge < -0.3 is 10.2 Å². The monoisotopic (exact) mass is 482 g/mol. The third kappa shape index (κ3) is 4.09. The minimum Gasteiger partial charge on any atom is -0.360 e. The van der Waals surface area contributed by atoms with Gasteiger partial charge >= 0.3 is 6.18 Å². The maximum Gasteiger partial charge on any atom is 0.405 e. The van der Waals surface area contributed by atoms with Crippen molar-refractivity contribution < 1.29 is 22.0 Å². The number of alkyl halides is 3. The van der Waals surface area contributed by atoms with Crippen LogP contribution >= 0.6 is 11.6 Å². The van der Waals surface area contributed by atoms with Crippen LogP contribution in [0.1, 0.15) is 5.56 Å². The summed E-state index contributed by atoms with van der Waals surface area (Å²) >= 11 is 6.13. The standard InChI is InChI=1S/C21H16ClF5N6/c1-32-6-12-11(13(12)7-32)3-2-10-4-14(23)16(15(24)5-10)17-18(22)31-20-29-9-30-33(20)19(17)28-8-21(25,26)27/h4-5,9,11-13,28H,6-8H2,1H3/t11?,12-,13+. The molecule has 2 fully saturated rings. The van der Waals surface area contributed by atoms with E-state index in [4.69, 9.17) is 11.6 Å². The van der Waals surface area contributed by atoms with Crippen LogP contribution in [0, 0.1) is 41.2 Å². The van der Waals surface area contributed by atoms with Crippen LogP contribution in [0.2, 0.25) is 5.15 Å². The summed E-state index contributed by atoms with van der Waals surface area (Å²) in [5.74, 6) is 4.50. The lowest BCUT2D eigenvalue weighted by Crippen LogP contribution is -2.23. The first-order chi connectivity index (χ1) is 15.6. The van der Waals surface area contributed by atoms with Crippen LogP contribution in [-0.2, 0) is 0 Å². The topological polar surface area (TPSA) is 58.4 Å². The van der Waals surface area contributed by atoms with Crippen molar-refractivity contribution in [3.05, 3.63) is 40.8 Å². The zero-order valence-electron chi connectivity index (χ0n) is 17.1. The van der Waals surface area contributed by atoms with Crippen molar-refractivity contribution in [3.8, 4) is 23.0 Å². The summed E-state index contributed by atoms with van der Waals surface area (Å²) in [6.45, 7) is 0.423. The van der Waals surface area contributed by atoms with E-state index in [-0.39, 0.29) is 23.1 Å². The smallest absolute Gasteiger partial charge is 0.360 e. The summed E-state index contributed by atoms with van der Waals surface area (Å²) in [6.07, 6.45) is -3.57. The van der Waals surface area contributed by atoms with Crippen LogP contribution < -0.4 is 5.32 Å². The number of likely N-dealkylation sites (tertiary alicyclic amines) is 1. The maximum absolute atomic E-state index is 15.1. The Kier molecular flexibility index (Phi) is 5.17. The Bertz CT molecular complexity index is 1280. The van der Waals surface area contributed by atoms with Crippen molar-refractivity contribution in [1.82, 2.24) is 24.5 Å². The summed E-state index contributed by atoms with van der Waals surface area (Å²) in [5, 5.41) is 5.48. The molecule has 0 bridgehead atoms. The number of nitrogens with zero attached hydrogens (tertiary/aromatic N) is 5. The van der Waals surface area contributed by atoms with E-state index in [1.165, 1.54) is 0 Å². The van der Waals surface area contributed by atoms with E-state index in [1.54, 1.807) is 0 Å². The molecule has 1 unspecified atom stereocenters. The molecular weight excluding hydrogens is 467 g/mol. The number of hydrogen-bond donors (Lipinski definition) is 1. The highest BCUT2D eigenvalue weighted by atomic mass is 35.5. The second-order valence-corrected chi connectivity index (χ2v) is 8.58. The largest absolute Gasteiger partial charge is 0.405 e. The molecule has 2 aromatic heterocycles. The van der Waals surface area contributed by atoms with Gasteiger partial charge in [0.25, 0.3) is 5.78 Å². The number of fused-ring (bicyclic) bond motifs is 2. The minimum absolute atomic E-state index is 0.127. The lowest BCUT2D eigenvalue weighted by Gasteiger charge is -2.16. The highest BCUT2D eigenvalue weighted by Crippen LogP contribution is 2.50. The fourth-order valence-electron chi connectivity index (χ4n) is 4.39. The molecule has 5 rings (SSSR count). The van der Waals surface area contributed by atoms with Gasteiger partial charge in [0.05, 0.1) is 11.1 Å². The van der Waals surface area contributed by atoms with E-state index < -0.39 is 40.6 Å². The maximum atomic E-state index is 15.1. The quantitative estimate of drug-likeness (QED) is 0.349. The number of hydrogen-bond acceptors (Lipinski definition) is 5. The molecule has 0 amide bonds. The van der Waals surface area contributed by atoms with Crippen molar-refractivity contribution in [2.75, 3.05) is 32.0 Å². The van der Waals surface area contributed by atoms with E-state index in [1.807, 2.05) is 7.05 Å². The van der Waals surface area contributed by atoms with Gasteiger partial charge in [0.1, 0.15) is 35.5 Å². The molecule has 3 aromatic rings.